The third-order valence-electron chi connectivity index (χ3n) is 6.02. The standard InChI is InChI=1S/C26H14Cl4N8O2S2/c27-15-7-3-1-5-13(15)23-35-37-21(31-33-25(37)41-23)11-39-19-9-18(30)20(10-17(19)29)40-12-22-32-34-26-38(22)36-24(42-26)14-6-2-4-8-16(14)28/h1-10H,11-12H2. The van der Waals surface area contributed by atoms with Crippen molar-refractivity contribution in [3.63, 3.8) is 0 Å². The Morgan fingerprint density at radius 2 is 1.00 bits per heavy atom. The maximum atomic E-state index is 6.51. The van der Waals surface area contributed by atoms with Crippen molar-refractivity contribution in [1.29, 1.82) is 0 Å². The van der Waals surface area contributed by atoms with Crippen LogP contribution in [-0.2, 0) is 13.2 Å². The summed E-state index contributed by atoms with van der Waals surface area (Å²) in [5.41, 5.74) is 1.63. The average molecular weight is 676 g/mol. The molecule has 0 spiro atoms. The Hall–Kier alpha value is -3.52. The molecule has 0 aliphatic rings. The van der Waals surface area contributed by atoms with Crippen molar-refractivity contribution < 1.29 is 9.47 Å². The molecule has 0 bridgehead atoms. The maximum absolute atomic E-state index is 6.51. The summed E-state index contributed by atoms with van der Waals surface area (Å²) >= 11 is 28.4. The number of hydrogen-bond acceptors (Lipinski definition) is 10. The van der Waals surface area contributed by atoms with Crippen molar-refractivity contribution >= 4 is 79.0 Å². The van der Waals surface area contributed by atoms with Crippen molar-refractivity contribution in [2.45, 2.75) is 13.2 Å². The Morgan fingerprint density at radius 1 is 0.571 bits per heavy atom. The summed E-state index contributed by atoms with van der Waals surface area (Å²) in [5, 5.41) is 29.2. The van der Waals surface area contributed by atoms with Crippen LogP contribution in [0.15, 0.2) is 60.7 Å². The van der Waals surface area contributed by atoms with Gasteiger partial charge in [0.05, 0.1) is 20.1 Å². The lowest BCUT2D eigenvalue weighted by Gasteiger charge is -2.11. The molecule has 42 heavy (non-hydrogen) atoms. The fraction of sp³-hybridized carbons (Fsp3) is 0.0769. The van der Waals surface area contributed by atoms with E-state index in [0.717, 1.165) is 21.1 Å². The van der Waals surface area contributed by atoms with E-state index in [2.05, 4.69) is 30.6 Å². The lowest BCUT2D eigenvalue weighted by atomic mass is 10.2. The number of rotatable bonds is 8. The number of ether oxygens (including phenoxy) is 2. The van der Waals surface area contributed by atoms with Gasteiger partial charge < -0.3 is 9.47 Å². The number of benzene rings is 3. The van der Waals surface area contributed by atoms with Crippen molar-refractivity contribution in [3.05, 3.63) is 92.4 Å². The number of aromatic nitrogens is 8. The van der Waals surface area contributed by atoms with Gasteiger partial charge in [-0.1, -0.05) is 105 Å². The van der Waals surface area contributed by atoms with Crippen LogP contribution < -0.4 is 9.47 Å². The molecule has 0 fully saturated rings. The molecule has 0 aliphatic heterocycles. The van der Waals surface area contributed by atoms with Gasteiger partial charge in [-0.25, -0.2) is 0 Å². The number of halogens is 4. The van der Waals surface area contributed by atoms with Gasteiger partial charge in [0.1, 0.15) is 34.7 Å². The van der Waals surface area contributed by atoms with E-state index in [9.17, 15) is 0 Å². The normalized spacial score (nSPS) is 11.5. The number of fused-ring (bicyclic) bond motifs is 2. The van der Waals surface area contributed by atoms with Crippen molar-refractivity contribution in [2.24, 2.45) is 0 Å². The van der Waals surface area contributed by atoms with Crippen molar-refractivity contribution in [3.8, 4) is 32.6 Å². The molecule has 10 nitrogen and oxygen atoms in total. The molecule has 210 valence electrons. The minimum atomic E-state index is 0.0540. The summed E-state index contributed by atoms with van der Waals surface area (Å²) < 4.78 is 15.1. The molecule has 0 aliphatic carbocycles. The van der Waals surface area contributed by atoms with Crippen LogP contribution in [0.1, 0.15) is 11.6 Å². The zero-order chi connectivity index (χ0) is 28.8. The Bertz CT molecular complexity index is 1940. The molecule has 0 unspecified atom stereocenters. The second-order valence-electron chi connectivity index (χ2n) is 8.69. The number of hydrogen-bond donors (Lipinski definition) is 0. The fourth-order valence-corrected chi connectivity index (χ4v) is 6.77. The highest BCUT2D eigenvalue weighted by atomic mass is 35.5. The minimum absolute atomic E-state index is 0.0540. The third-order valence-corrected chi connectivity index (χ3v) is 9.13. The second kappa shape index (κ2) is 11.3. The number of nitrogens with zero attached hydrogens (tertiary/aromatic N) is 8. The van der Waals surface area contributed by atoms with E-state index in [0.29, 0.717) is 53.2 Å². The van der Waals surface area contributed by atoms with E-state index in [-0.39, 0.29) is 13.2 Å². The van der Waals surface area contributed by atoms with Gasteiger partial charge in [-0.05, 0) is 12.1 Å². The predicted molar refractivity (Wildman–Crippen MR) is 163 cm³/mol. The third kappa shape index (κ3) is 5.14. The zero-order valence-corrected chi connectivity index (χ0v) is 25.6. The molecule has 4 heterocycles. The molecule has 7 aromatic rings. The highest BCUT2D eigenvalue weighted by Gasteiger charge is 2.18. The molecule has 16 heteroatoms. The molecule has 7 rings (SSSR count). The summed E-state index contributed by atoms with van der Waals surface area (Å²) in [6.07, 6.45) is 0. The van der Waals surface area contributed by atoms with Gasteiger partial charge in [-0.2, -0.15) is 19.2 Å². The van der Waals surface area contributed by atoms with Crippen LogP contribution in [0, 0.1) is 0 Å². The second-order valence-corrected chi connectivity index (χ2v) is 12.2. The van der Waals surface area contributed by atoms with Gasteiger partial charge in [0.15, 0.2) is 11.6 Å². The fourth-order valence-electron chi connectivity index (χ4n) is 4.00. The molecule has 0 amide bonds. The topological polar surface area (TPSA) is 105 Å². The van der Waals surface area contributed by atoms with E-state index in [1.807, 2.05) is 48.5 Å². The van der Waals surface area contributed by atoms with Crippen molar-refractivity contribution in [1.82, 2.24) is 39.6 Å². The van der Waals surface area contributed by atoms with Crippen LogP contribution in [0.25, 0.3) is 31.1 Å². The first-order valence-corrected chi connectivity index (χ1v) is 15.3. The highest BCUT2D eigenvalue weighted by molar-refractivity contribution is 7.20. The summed E-state index contributed by atoms with van der Waals surface area (Å²) in [5.74, 6) is 1.67. The predicted octanol–water partition coefficient (Wildman–Crippen LogP) is 7.79. The Balaban J connectivity index is 1.05. The lowest BCUT2D eigenvalue weighted by Crippen LogP contribution is -2.04. The molecular formula is C26H14Cl4N8O2S2. The van der Waals surface area contributed by atoms with Crippen molar-refractivity contribution in [2.75, 3.05) is 0 Å². The zero-order valence-electron chi connectivity index (χ0n) is 20.9. The molecule has 0 radical (unpaired) electrons. The summed E-state index contributed by atoms with van der Waals surface area (Å²) in [4.78, 5) is 1.22. The van der Waals surface area contributed by atoms with E-state index in [1.165, 1.54) is 22.7 Å². The van der Waals surface area contributed by atoms with Crippen LogP contribution in [-0.4, -0.2) is 39.6 Å². The molecule has 0 saturated carbocycles. The molecule has 0 N–H and O–H groups in total. The smallest absolute Gasteiger partial charge is 0.235 e. The average Bonchev–Trinajstić information content (AvgIpc) is 3.75. The highest BCUT2D eigenvalue weighted by Crippen LogP contribution is 2.37. The minimum Gasteiger partial charge on any atom is -0.484 e. The van der Waals surface area contributed by atoms with Gasteiger partial charge >= 0.3 is 0 Å². The van der Waals surface area contributed by atoms with Gasteiger partial charge in [0, 0.05) is 23.3 Å². The van der Waals surface area contributed by atoms with Gasteiger partial charge in [0.25, 0.3) is 0 Å². The monoisotopic (exact) mass is 674 g/mol. The van der Waals surface area contributed by atoms with Crippen LogP contribution in [0.4, 0.5) is 0 Å². The van der Waals surface area contributed by atoms with E-state index >= 15 is 0 Å². The van der Waals surface area contributed by atoms with Crippen LogP contribution in [0.2, 0.25) is 20.1 Å². The van der Waals surface area contributed by atoms with Crippen LogP contribution >= 0.6 is 69.1 Å². The van der Waals surface area contributed by atoms with E-state index in [1.54, 1.807) is 21.2 Å². The van der Waals surface area contributed by atoms with Crippen LogP contribution in [0.5, 0.6) is 11.5 Å². The Kier molecular flexibility index (Phi) is 7.34. The summed E-state index contributed by atoms with van der Waals surface area (Å²) in [6.45, 7) is 0.108. The summed E-state index contributed by atoms with van der Waals surface area (Å²) in [6, 6.07) is 18.1. The first-order chi connectivity index (χ1) is 20.4. The lowest BCUT2D eigenvalue weighted by molar-refractivity contribution is 0.284. The Labute approximate surface area is 265 Å². The van der Waals surface area contributed by atoms with E-state index in [4.69, 9.17) is 55.9 Å². The first-order valence-electron chi connectivity index (χ1n) is 12.1. The molecule has 3 aromatic carbocycles. The summed E-state index contributed by atoms with van der Waals surface area (Å²) in [7, 11) is 0. The van der Waals surface area contributed by atoms with E-state index < -0.39 is 0 Å². The molecular weight excluding hydrogens is 662 g/mol. The molecule has 4 aromatic heterocycles. The SMILES string of the molecule is Clc1cc(OCc2nnc3sc(-c4ccccc4Cl)nn23)c(Cl)cc1OCc1nnc2sc(-c3ccccc3Cl)nn12. The molecule has 0 atom stereocenters. The largest absolute Gasteiger partial charge is 0.484 e. The van der Waals surface area contributed by atoms with Crippen LogP contribution in [0.3, 0.4) is 0 Å². The quantitative estimate of drug-likeness (QED) is 0.161. The van der Waals surface area contributed by atoms with Gasteiger partial charge in [-0.15, -0.1) is 20.4 Å². The van der Waals surface area contributed by atoms with Gasteiger partial charge in [0.2, 0.25) is 9.92 Å². The Morgan fingerprint density at radius 3 is 1.43 bits per heavy atom. The first kappa shape index (κ1) is 27.3. The maximum Gasteiger partial charge on any atom is 0.235 e. The van der Waals surface area contributed by atoms with Gasteiger partial charge in [-0.3, -0.25) is 0 Å². The molecule has 0 saturated heterocycles.